The molecule has 3 rings (SSSR count). The first-order chi connectivity index (χ1) is 20.8. The van der Waals surface area contributed by atoms with Crippen molar-refractivity contribution in [2.75, 3.05) is 31.6 Å². The van der Waals surface area contributed by atoms with Crippen molar-refractivity contribution in [3.8, 4) is 5.75 Å². The van der Waals surface area contributed by atoms with E-state index in [-0.39, 0.29) is 11.5 Å². The molecule has 1 aliphatic carbocycles. The van der Waals surface area contributed by atoms with E-state index in [1.54, 1.807) is 6.07 Å². The maximum Gasteiger partial charge on any atom is 0.453 e. The number of aryl methyl sites for hydroxylation is 1. The van der Waals surface area contributed by atoms with Crippen molar-refractivity contribution in [3.05, 3.63) is 65.2 Å². The van der Waals surface area contributed by atoms with E-state index in [0.29, 0.717) is 12.8 Å². The van der Waals surface area contributed by atoms with Gasteiger partial charge in [0.2, 0.25) is 0 Å². The normalized spacial score (nSPS) is 14.6. The van der Waals surface area contributed by atoms with E-state index >= 15 is 0 Å². The predicted octanol–water partition coefficient (Wildman–Crippen LogP) is 9.08. The van der Waals surface area contributed by atoms with E-state index in [9.17, 15) is 35.5 Å². The number of hydrogen-bond acceptors (Lipinski definition) is 4. The third kappa shape index (κ3) is 11.5. The number of aromatic hydroxyl groups is 1. The second-order valence-electron chi connectivity index (χ2n) is 12.0. The van der Waals surface area contributed by atoms with Gasteiger partial charge in [-0.15, -0.1) is 0 Å². The Morgan fingerprint density at radius 1 is 0.795 bits per heavy atom. The fourth-order valence-electron chi connectivity index (χ4n) is 5.89. The van der Waals surface area contributed by atoms with Crippen LogP contribution in [-0.2, 0) is 16.3 Å². The average molecular weight is 644 g/mol. The number of halogens is 5. The minimum absolute atomic E-state index is 0.192. The Morgan fingerprint density at radius 3 is 2.16 bits per heavy atom. The Morgan fingerprint density at radius 2 is 1.45 bits per heavy atom. The van der Waals surface area contributed by atoms with E-state index in [1.807, 2.05) is 19.2 Å². The minimum atomic E-state index is -5.65. The maximum atomic E-state index is 13.0. The first-order valence-corrected chi connectivity index (χ1v) is 17.5. The van der Waals surface area contributed by atoms with Crippen LogP contribution < -0.4 is 0 Å². The summed E-state index contributed by atoms with van der Waals surface area (Å²) >= 11 is 0. The van der Waals surface area contributed by atoms with Crippen molar-refractivity contribution < 1.29 is 35.5 Å². The molecular formula is C34H46F5NO3S. The van der Waals surface area contributed by atoms with Crippen LogP contribution in [0.1, 0.15) is 93.7 Å². The molecule has 0 atom stereocenters. The lowest BCUT2D eigenvalue weighted by Gasteiger charge is -2.19. The molecule has 0 spiro atoms. The number of unbranched alkanes of at least 4 members (excludes halogenated alkanes) is 5. The molecule has 2 aromatic rings. The van der Waals surface area contributed by atoms with Crippen LogP contribution in [0, 0.1) is 0 Å². The van der Waals surface area contributed by atoms with Gasteiger partial charge in [-0.25, -0.2) is 8.42 Å². The van der Waals surface area contributed by atoms with Crippen molar-refractivity contribution in [3.63, 3.8) is 0 Å². The van der Waals surface area contributed by atoms with Crippen LogP contribution in [0.15, 0.2) is 48.5 Å². The number of benzene rings is 2. The highest BCUT2D eigenvalue weighted by molar-refractivity contribution is 7.91. The van der Waals surface area contributed by atoms with Crippen molar-refractivity contribution in [1.82, 2.24) is 4.90 Å². The summed E-state index contributed by atoms with van der Waals surface area (Å²) in [6.07, 6.45) is 2.43. The number of alkyl halides is 5. The number of hydrogen-bond donors (Lipinski definition) is 1. The summed E-state index contributed by atoms with van der Waals surface area (Å²) in [5.41, 5.74) is 6.55. The highest BCUT2D eigenvalue weighted by atomic mass is 32.2. The zero-order valence-corrected chi connectivity index (χ0v) is 26.5. The van der Waals surface area contributed by atoms with E-state index in [4.69, 9.17) is 0 Å². The zero-order chi connectivity index (χ0) is 32.2. The molecule has 10 heteroatoms. The summed E-state index contributed by atoms with van der Waals surface area (Å²) < 4.78 is 86.7. The minimum Gasteiger partial charge on any atom is -0.508 e. The van der Waals surface area contributed by atoms with Crippen LogP contribution >= 0.6 is 0 Å². The van der Waals surface area contributed by atoms with Crippen LogP contribution in [0.3, 0.4) is 0 Å². The molecule has 0 unspecified atom stereocenters. The second-order valence-corrected chi connectivity index (χ2v) is 14.3. The van der Waals surface area contributed by atoms with Gasteiger partial charge in [-0.1, -0.05) is 55.7 Å². The Labute approximate surface area is 259 Å². The van der Waals surface area contributed by atoms with Gasteiger partial charge in [0.05, 0.1) is 11.5 Å². The molecule has 1 N–H and O–H groups in total. The Hall–Kier alpha value is -2.46. The van der Waals surface area contributed by atoms with Crippen LogP contribution in [-0.4, -0.2) is 62.2 Å². The van der Waals surface area contributed by atoms with Crippen molar-refractivity contribution in [2.45, 2.75) is 95.6 Å². The molecule has 0 fully saturated rings. The lowest BCUT2D eigenvalue weighted by molar-refractivity contribution is -0.284. The number of phenols is 1. The molecule has 0 aromatic heterocycles. The fourth-order valence-corrected chi connectivity index (χ4v) is 7.32. The van der Waals surface area contributed by atoms with Crippen molar-refractivity contribution in [1.29, 1.82) is 0 Å². The van der Waals surface area contributed by atoms with Gasteiger partial charge in [0.25, 0.3) is 0 Å². The predicted molar refractivity (Wildman–Crippen MR) is 168 cm³/mol. The molecule has 44 heavy (non-hydrogen) atoms. The van der Waals surface area contributed by atoms with Gasteiger partial charge in [0.1, 0.15) is 15.6 Å². The van der Waals surface area contributed by atoms with Crippen LogP contribution in [0.5, 0.6) is 5.75 Å². The topological polar surface area (TPSA) is 57.6 Å². The van der Waals surface area contributed by atoms with E-state index in [2.05, 4.69) is 35.2 Å². The van der Waals surface area contributed by atoms with Gasteiger partial charge in [0.15, 0.2) is 0 Å². The van der Waals surface area contributed by atoms with Gasteiger partial charge in [0, 0.05) is 6.42 Å². The van der Waals surface area contributed by atoms with E-state index in [1.165, 1.54) is 22.3 Å². The molecule has 0 aliphatic heterocycles. The highest BCUT2D eigenvalue weighted by Crippen LogP contribution is 2.40. The largest absolute Gasteiger partial charge is 0.508 e. The molecule has 0 amide bonds. The molecule has 0 radical (unpaired) electrons. The monoisotopic (exact) mass is 643 g/mol. The molecule has 0 saturated carbocycles. The number of rotatable bonds is 18. The lowest BCUT2D eigenvalue weighted by atomic mass is 9.89. The summed E-state index contributed by atoms with van der Waals surface area (Å²) in [5.74, 6) is -5.42. The Bertz CT molecular complexity index is 1320. The molecular weight excluding hydrogens is 597 g/mol. The van der Waals surface area contributed by atoms with Gasteiger partial charge in [-0.3, -0.25) is 0 Å². The summed E-state index contributed by atoms with van der Waals surface area (Å²) in [5, 5.41) is 10.1. The van der Waals surface area contributed by atoms with Crippen molar-refractivity contribution >= 4 is 21.0 Å². The lowest BCUT2D eigenvalue weighted by Crippen LogP contribution is -2.36. The van der Waals surface area contributed by atoms with Gasteiger partial charge in [-0.05, 0) is 118 Å². The SMILES string of the molecule is CN(CCCCCCC1=C(c2cccc(O)c2)CCCc2ccccc21)CCCCCS(=O)(=O)CCCC(F)(F)C(F)(F)F. The van der Waals surface area contributed by atoms with Crippen LogP contribution in [0.2, 0.25) is 0 Å². The number of phenolic OH excluding ortho intramolecular Hbond substituents is 1. The second kappa shape index (κ2) is 16.7. The zero-order valence-electron chi connectivity index (χ0n) is 25.6. The highest BCUT2D eigenvalue weighted by Gasteiger charge is 2.56. The number of allylic oxidation sites excluding steroid dienone is 2. The maximum absolute atomic E-state index is 13.0. The third-order valence-corrected chi connectivity index (χ3v) is 10.2. The number of nitrogens with zero attached hydrogens (tertiary/aromatic N) is 1. The smallest absolute Gasteiger partial charge is 0.453 e. The molecule has 0 saturated heterocycles. The van der Waals surface area contributed by atoms with Crippen LogP contribution in [0.25, 0.3) is 11.1 Å². The Balaban J connectivity index is 1.34. The molecule has 4 nitrogen and oxygen atoms in total. The standard InChI is InChI=1S/C34H46F5NO3S/c1-40(23-9-4-10-24-44(42,43)25-13-21-33(35,36)34(37,38)39)22-8-3-2-5-19-32-30-18-7-6-14-27(30)15-12-20-31(32)28-16-11-17-29(41)26-28/h6-7,11,14,16-18,26,41H,2-5,8-10,12-13,15,19-25H2,1H3. The number of fused-ring (bicyclic) bond motifs is 1. The fraction of sp³-hybridized carbons (Fsp3) is 0.588. The van der Waals surface area contributed by atoms with Gasteiger partial charge in [-0.2, -0.15) is 22.0 Å². The Kier molecular flexibility index (Phi) is 13.7. The third-order valence-electron chi connectivity index (χ3n) is 8.35. The summed E-state index contributed by atoms with van der Waals surface area (Å²) in [4.78, 5) is 2.22. The quantitative estimate of drug-likeness (QED) is 0.130. The molecule has 0 heterocycles. The molecule has 246 valence electrons. The first kappa shape index (κ1) is 36.0. The number of sulfone groups is 1. The summed E-state index contributed by atoms with van der Waals surface area (Å²) in [6, 6.07) is 16.2. The average Bonchev–Trinajstić information content (AvgIpc) is 3.13. The summed E-state index contributed by atoms with van der Waals surface area (Å²) in [6.45, 7) is 1.75. The van der Waals surface area contributed by atoms with Crippen molar-refractivity contribution in [2.24, 2.45) is 0 Å². The van der Waals surface area contributed by atoms with E-state index < -0.39 is 40.5 Å². The molecule has 1 aliphatic rings. The van der Waals surface area contributed by atoms with Gasteiger partial charge < -0.3 is 10.0 Å². The van der Waals surface area contributed by atoms with Crippen LogP contribution in [0.4, 0.5) is 22.0 Å². The molecule has 0 bridgehead atoms. The van der Waals surface area contributed by atoms with E-state index in [0.717, 1.165) is 76.4 Å². The first-order valence-electron chi connectivity index (χ1n) is 15.7. The molecule has 2 aromatic carbocycles. The summed E-state index contributed by atoms with van der Waals surface area (Å²) in [7, 11) is -1.62. The van der Waals surface area contributed by atoms with Gasteiger partial charge >= 0.3 is 12.1 Å².